The molecule has 0 atom stereocenters. The van der Waals surface area contributed by atoms with Gasteiger partial charge in [-0.25, -0.2) is 0 Å². The van der Waals surface area contributed by atoms with Gasteiger partial charge in [0.15, 0.2) is 0 Å². The third-order valence-corrected chi connectivity index (χ3v) is 5.33. The second kappa shape index (κ2) is 7.87. The molecule has 0 spiro atoms. The first-order valence-electron chi connectivity index (χ1n) is 9.26. The summed E-state index contributed by atoms with van der Waals surface area (Å²) < 4.78 is 0. The van der Waals surface area contributed by atoms with E-state index in [0.29, 0.717) is 22.8 Å². The van der Waals surface area contributed by atoms with Crippen LogP contribution >= 0.6 is 11.6 Å². The molecule has 5 nitrogen and oxygen atoms in total. The zero-order valence-electron chi connectivity index (χ0n) is 15.2. The highest BCUT2D eigenvalue weighted by atomic mass is 35.5. The average molecular weight is 391 g/mol. The molecule has 1 heterocycles. The van der Waals surface area contributed by atoms with Crippen molar-refractivity contribution in [2.45, 2.75) is 25.8 Å². The lowest BCUT2D eigenvalue weighted by Gasteiger charge is -2.24. The zero-order chi connectivity index (χ0) is 19.5. The van der Waals surface area contributed by atoms with Crippen molar-refractivity contribution in [1.82, 2.24) is 4.98 Å². The summed E-state index contributed by atoms with van der Waals surface area (Å²) in [7, 11) is 0. The van der Waals surface area contributed by atoms with Gasteiger partial charge in [0.25, 0.3) is 0 Å². The van der Waals surface area contributed by atoms with Crippen molar-refractivity contribution in [2.75, 3.05) is 10.6 Å². The van der Waals surface area contributed by atoms with E-state index in [0.717, 1.165) is 41.4 Å². The van der Waals surface area contributed by atoms with Crippen LogP contribution in [0.4, 0.5) is 11.4 Å². The molecule has 0 aliphatic heterocycles. The summed E-state index contributed by atoms with van der Waals surface area (Å²) in [5, 5.41) is 17.2. The molecule has 1 saturated carbocycles. The summed E-state index contributed by atoms with van der Waals surface area (Å²) in [5.41, 5.74) is 3.73. The molecule has 1 fully saturated rings. The van der Waals surface area contributed by atoms with Gasteiger partial charge in [-0.15, -0.1) is 0 Å². The Balaban J connectivity index is 1.54. The van der Waals surface area contributed by atoms with Gasteiger partial charge in [-0.3, -0.25) is 9.78 Å². The fourth-order valence-electron chi connectivity index (χ4n) is 3.30. The molecule has 28 heavy (non-hydrogen) atoms. The summed E-state index contributed by atoms with van der Waals surface area (Å²) in [6.45, 7) is 0.507. The van der Waals surface area contributed by atoms with Crippen molar-refractivity contribution in [2.24, 2.45) is 5.92 Å². The Morgan fingerprint density at radius 3 is 2.86 bits per heavy atom. The number of hydrogen-bond donors (Lipinski definition) is 2. The number of nitriles is 1. The highest BCUT2D eigenvalue weighted by Crippen LogP contribution is 2.29. The van der Waals surface area contributed by atoms with Crippen molar-refractivity contribution in [3.63, 3.8) is 0 Å². The minimum absolute atomic E-state index is 0.0953. The van der Waals surface area contributed by atoms with Gasteiger partial charge in [0, 0.05) is 34.8 Å². The molecule has 4 rings (SSSR count). The number of nitrogens with one attached hydrogen (secondary N) is 2. The number of carbonyl (C=O) groups excluding carboxylic acids is 1. The Bertz CT molecular complexity index is 1090. The molecule has 1 amide bonds. The lowest BCUT2D eigenvalue weighted by Crippen LogP contribution is -2.28. The van der Waals surface area contributed by atoms with Crippen molar-refractivity contribution in [3.05, 3.63) is 64.8 Å². The molecule has 1 aliphatic rings. The van der Waals surface area contributed by atoms with Gasteiger partial charge in [0.2, 0.25) is 5.91 Å². The Morgan fingerprint density at radius 2 is 2.11 bits per heavy atom. The summed E-state index contributed by atoms with van der Waals surface area (Å²) >= 11 is 6.14. The number of carbonyl (C=O) groups is 1. The van der Waals surface area contributed by atoms with Crippen molar-refractivity contribution < 1.29 is 4.79 Å². The van der Waals surface area contributed by atoms with Crippen LogP contribution in [0.2, 0.25) is 5.02 Å². The standard InChI is InChI=1S/C22H19ClN4O/c23-17-7-8-20-19(10-17)21(16(11-24)13-25-20)26-12-14-3-1-6-18(9-14)27-22(28)15-4-2-5-15/h1,3,6-10,13,15H,2,4-5,12H2,(H,25,26)(H,27,28). The number of nitrogens with zero attached hydrogens (tertiary/aromatic N) is 2. The number of aromatic nitrogens is 1. The minimum atomic E-state index is 0.0953. The summed E-state index contributed by atoms with van der Waals surface area (Å²) in [4.78, 5) is 16.5. The van der Waals surface area contributed by atoms with E-state index >= 15 is 0 Å². The number of hydrogen-bond acceptors (Lipinski definition) is 4. The van der Waals surface area contributed by atoms with Crippen molar-refractivity contribution >= 4 is 39.8 Å². The Labute approximate surface area is 168 Å². The van der Waals surface area contributed by atoms with E-state index < -0.39 is 0 Å². The number of anilines is 2. The van der Waals surface area contributed by atoms with Crippen LogP contribution in [0.1, 0.15) is 30.4 Å². The summed E-state index contributed by atoms with van der Waals surface area (Å²) in [6.07, 6.45) is 4.64. The lowest BCUT2D eigenvalue weighted by molar-refractivity contribution is -0.122. The second-order valence-electron chi connectivity index (χ2n) is 6.99. The minimum Gasteiger partial charge on any atom is -0.379 e. The van der Waals surface area contributed by atoms with Crippen LogP contribution in [-0.2, 0) is 11.3 Å². The molecule has 0 unspecified atom stereocenters. The molecule has 1 aromatic heterocycles. The molecule has 6 heteroatoms. The highest BCUT2D eigenvalue weighted by molar-refractivity contribution is 6.31. The maximum atomic E-state index is 12.2. The fourth-order valence-corrected chi connectivity index (χ4v) is 3.48. The fraction of sp³-hybridized carbons (Fsp3) is 0.227. The smallest absolute Gasteiger partial charge is 0.227 e. The molecular weight excluding hydrogens is 372 g/mol. The van der Waals surface area contributed by atoms with Gasteiger partial charge in [-0.05, 0) is 48.7 Å². The topological polar surface area (TPSA) is 77.8 Å². The molecular formula is C22H19ClN4O. The number of amides is 1. The van der Waals surface area contributed by atoms with Gasteiger partial charge in [0.05, 0.1) is 16.8 Å². The largest absolute Gasteiger partial charge is 0.379 e. The first kappa shape index (κ1) is 18.3. The third kappa shape index (κ3) is 3.78. The lowest BCUT2D eigenvalue weighted by atomic mass is 9.85. The van der Waals surface area contributed by atoms with Crippen LogP contribution in [0.5, 0.6) is 0 Å². The van der Waals surface area contributed by atoms with Crippen molar-refractivity contribution in [1.29, 1.82) is 5.26 Å². The number of halogens is 1. The van der Waals surface area contributed by atoms with Crippen LogP contribution < -0.4 is 10.6 Å². The van der Waals surface area contributed by atoms with Crippen LogP contribution in [0.15, 0.2) is 48.7 Å². The number of fused-ring (bicyclic) bond motifs is 1. The predicted octanol–water partition coefficient (Wildman–Crippen LogP) is 5.11. The molecule has 1 aliphatic carbocycles. The summed E-state index contributed by atoms with van der Waals surface area (Å²) in [6, 6.07) is 15.3. The van der Waals surface area contributed by atoms with Crippen LogP contribution in [-0.4, -0.2) is 10.9 Å². The average Bonchev–Trinajstić information content (AvgIpc) is 2.64. The first-order chi connectivity index (χ1) is 13.6. The number of pyridine rings is 1. The first-order valence-corrected chi connectivity index (χ1v) is 9.64. The Hall–Kier alpha value is -3.10. The maximum Gasteiger partial charge on any atom is 0.227 e. The molecule has 0 bridgehead atoms. The van der Waals surface area contributed by atoms with Crippen LogP contribution in [0.25, 0.3) is 10.9 Å². The van der Waals surface area contributed by atoms with E-state index in [1.54, 1.807) is 12.3 Å². The third-order valence-electron chi connectivity index (χ3n) is 5.09. The van der Waals surface area contributed by atoms with Gasteiger partial charge in [0.1, 0.15) is 6.07 Å². The van der Waals surface area contributed by atoms with Crippen LogP contribution in [0, 0.1) is 17.2 Å². The maximum absolute atomic E-state index is 12.2. The van der Waals surface area contributed by atoms with E-state index in [1.807, 2.05) is 36.4 Å². The van der Waals surface area contributed by atoms with E-state index in [-0.39, 0.29) is 11.8 Å². The number of benzene rings is 2. The van der Waals surface area contributed by atoms with Gasteiger partial charge in [-0.1, -0.05) is 30.2 Å². The Kier molecular flexibility index (Phi) is 5.14. The number of rotatable bonds is 5. The van der Waals surface area contributed by atoms with E-state index in [1.165, 1.54) is 0 Å². The SMILES string of the molecule is N#Cc1cnc2ccc(Cl)cc2c1NCc1cccc(NC(=O)C2CCC2)c1. The van der Waals surface area contributed by atoms with E-state index in [4.69, 9.17) is 11.6 Å². The molecule has 3 aromatic rings. The predicted molar refractivity (Wildman–Crippen MR) is 111 cm³/mol. The second-order valence-corrected chi connectivity index (χ2v) is 7.43. The zero-order valence-corrected chi connectivity index (χ0v) is 16.0. The Morgan fingerprint density at radius 1 is 1.25 bits per heavy atom. The van der Waals surface area contributed by atoms with Gasteiger partial charge < -0.3 is 10.6 Å². The highest BCUT2D eigenvalue weighted by Gasteiger charge is 2.25. The molecule has 0 saturated heterocycles. The quantitative estimate of drug-likeness (QED) is 0.634. The van der Waals surface area contributed by atoms with Crippen molar-refractivity contribution in [3.8, 4) is 6.07 Å². The van der Waals surface area contributed by atoms with E-state index in [2.05, 4.69) is 21.7 Å². The van der Waals surface area contributed by atoms with Gasteiger partial charge >= 0.3 is 0 Å². The normalized spacial score (nSPS) is 13.6. The van der Waals surface area contributed by atoms with E-state index in [9.17, 15) is 10.1 Å². The van der Waals surface area contributed by atoms with Gasteiger partial charge in [-0.2, -0.15) is 5.26 Å². The molecule has 2 aromatic carbocycles. The monoisotopic (exact) mass is 390 g/mol. The van der Waals surface area contributed by atoms with Crippen LogP contribution in [0.3, 0.4) is 0 Å². The molecule has 140 valence electrons. The molecule has 0 radical (unpaired) electrons. The molecule has 2 N–H and O–H groups in total. The summed E-state index contributed by atoms with van der Waals surface area (Å²) in [5.74, 6) is 0.241.